The fourth-order valence-corrected chi connectivity index (χ4v) is 3.49. The van der Waals surface area contributed by atoms with Crippen LogP contribution in [0.4, 0.5) is 18.9 Å². The zero-order valence-corrected chi connectivity index (χ0v) is 15.8. The summed E-state index contributed by atoms with van der Waals surface area (Å²) < 4.78 is 39.4. The van der Waals surface area contributed by atoms with Crippen LogP contribution in [0.15, 0.2) is 70.5 Å². The summed E-state index contributed by atoms with van der Waals surface area (Å²) in [6.45, 7) is 1.60. The second-order valence-corrected chi connectivity index (χ2v) is 7.22. The number of amides is 1. The average molecular weight is 405 g/mol. The third-order valence-electron chi connectivity index (χ3n) is 3.95. The van der Waals surface area contributed by atoms with Gasteiger partial charge in [0.15, 0.2) is 5.69 Å². The summed E-state index contributed by atoms with van der Waals surface area (Å²) in [6, 6.07) is 18.1. The van der Waals surface area contributed by atoms with E-state index in [0.29, 0.717) is 11.4 Å². The molecule has 0 radical (unpaired) electrons. The van der Waals surface area contributed by atoms with Crippen LogP contribution in [-0.2, 0) is 17.5 Å². The SMILES string of the molecule is Cc1cc(C(F)(F)F)nn1CCC(=O)Nc1ccccc1Sc1ccccc1. The number of benzene rings is 2. The van der Waals surface area contributed by atoms with Gasteiger partial charge in [-0.05, 0) is 37.3 Å². The summed E-state index contributed by atoms with van der Waals surface area (Å²) in [6.07, 6.45) is -4.48. The average Bonchev–Trinajstić information content (AvgIpc) is 3.04. The first-order valence-electron chi connectivity index (χ1n) is 8.56. The number of carbonyl (C=O) groups excluding carboxylic acids is 1. The molecule has 0 saturated carbocycles. The second kappa shape index (κ2) is 8.52. The highest BCUT2D eigenvalue weighted by Gasteiger charge is 2.34. The van der Waals surface area contributed by atoms with Gasteiger partial charge in [0.25, 0.3) is 0 Å². The topological polar surface area (TPSA) is 46.9 Å². The minimum atomic E-state index is -4.49. The van der Waals surface area contributed by atoms with Crippen molar-refractivity contribution in [2.45, 2.75) is 35.9 Å². The molecular formula is C20H18F3N3OS. The van der Waals surface area contributed by atoms with Crippen molar-refractivity contribution in [2.24, 2.45) is 0 Å². The van der Waals surface area contributed by atoms with Crippen LogP contribution < -0.4 is 5.32 Å². The van der Waals surface area contributed by atoms with Gasteiger partial charge < -0.3 is 5.32 Å². The molecule has 2 aromatic carbocycles. The molecule has 0 aliphatic carbocycles. The number of anilines is 1. The lowest BCUT2D eigenvalue weighted by molar-refractivity contribution is -0.141. The van der Waals surface area contributed by atoms with Crippen LogP contribution in [-0.4, -0.2) is 15.7 Å². The molecule has 1 N–H and O–H groups in total. The summed E-state index contributed by atoms with van der Waals surface area (Å²) >= 11 is 1.52. The van der Waals surface area contributed by atoms with Gasteiger partial charge in [-0.15, -0.1) is 0 Å². The van der Waals surface area contributed by atoms with Gasteiger partial charge in [0.1, 0.15) is 0 Å². The molecule has 0 aliphatic heterocycles. The smallest absolute Gasteiger partial charge is 0.325 e. The fourth-order valence-electron chi connectivity index (χ4n) is 2.57. The van der Waals surface area contributed by atoms with E-state index in [0.717, 1.165) is 15.9 Å². The lowest BCUT2D eigenvalue weighted by Crippen LogP contribution is -2.16. The van der Waals surface area contributed by atoms with Gasteiger partial charge in [-0.25, -0.2) is 0 Å². The minimum absolute atomic E-state index is 0.0180. The van der Waals surface area contributed by atoms with E-state index in [1.807, 2.05) is 48.5 Å². The summed E-state index contributed by atoms with van der Waals surface area (Å²) in [5, 5.41) is 6.38. The number of rotatable bonds is 6. The third-order valence-corrected chi connectivity index (χ3v) is 5.04. The van der Waals surface area contributed by atoms with Crippen molar-refractivity contribution in [3.8, 4) is 0 Å². The number of nitrogens with one attached hydrogen (secondary N) is 1. The molecule has 3 rings (SSSR count). The van der Waals surface area contributed by atoms with E-state index in [1.165, 1.54) is 23.4 Å². The molecule has 0 saturated heterocycles. The van der Waals surface area contributed by atoms with Crippen LogP contribution in [0.5, 0.6) is 0 Å². The van der Waals surface area contributed by atoms with Crippen molar-refractivity contribution >= 4 is 23.4 Å². The Kier molecular flexibility index (Phi) is 6.08. The number of halogens is 3. The summed E-state index contributed by atoms with van der Waals surface area (Å²) in [7, 11) is 0. The van der Waals surface area contributed by atoms with Crippen LogP contribution in [0.25, 0.3) is 0 Å². The first kappa shape index (κ1) is 20.0. The number of carbonyl (C=O) groups is 1. The predicted octanol–water partition coefficient (Wildman–Crippen LogP) is 5.39. The van der Waals surface area contributed by atoms with Crippen molar-refractivity contribution in [1.29, 1.82) is 0 Å². The summed E-state index contributed by atoms with van der Waals surface area (Å²) in [5.41, 5.74) is 0.0738. The Hall–Kier alpha value is -2.74. The lowest BCUT2D eigenvalue weighted by Gasteiger charge is -2.11. The number of hydrogen-bond acceptors (Lipinski definition) is 3. The first-order chi connectivity index (χ1) is 13.3. The Balaban J connectivity index is 1.64. The summed E-state index contributed by atoms with van der Waals surface area (Å²) in [4.78, 5) is 14.2. The molecule has 8 heteroatoms. The number of nitrogens with zero attached hydrogens (tertiary/aromatic N) is 2. The van der Waals surface area contributed by atoms with Crippen molar-refractivity contribution in [2.75, 3.05) is 5.32 Å². The molecule has 0 bridgehead atoms. The Morgan fingerprint density at radius 3 is 2.46 bits per heavy atom. The number of aryl methyl sites for hydroxylation is 2. The van der Waals surface area contributed by atoms with E-state index in [2.05, 4.69) is 10.4 Å². The number of alkyl halides is 3. The van der Waals surface area contributed by atoms with Gasteiger partial charge in [0.05, 0.1) is 5.69 Å². The fraction of sp³-hybridized carbons (Fsp3) is 0.200. The Morgan fingerprint density at radius 1 is 1.11 bits per heavy atom. The molecule has 0 fully saturated rings. The highest BCUT2D eigenvalue weighted by molar-refractivity contribution is 7.99. The lowest BCUT2D eigenvalue weighted by atomic mass is 10.3. The number of aromatic nitrogens is 2. The number of para-hydroxylation sites is 1. The first-order valence-corrected chi connectivity index (χ1v) is 9.38. The van der Waals surface area contributed by atoms with Gasteiger partial charge in [0, 0.05) is 28.5 Å². The Bertz CT molecular complexity index is 955. The highest BCUT2D eigenvalue weighted by atomic mass is 32.2. The molecule has 0 atom stereocenters. The van der Waals surface area contributed by atoms with Crippen LogP contribution in [0.1, 0.15) is 17.8 Å². The maximum atomic E-state index is 12.7. The highest BCUT2D eigenvalue weighted by Crippen LogP contribution is 2.33. The molecule has 28 heavy (non-hydrogen) atoms. The molecule has 0 spiro atoms. The zero-order valence-electron chi connectivity index (χ0n) is 15.0. The van der Waals surface area contributed by atoms with Crippen LogP contribution in [0.3, 0.4) is 0 Å². The predicted molar refractivity (Wildman–Crippen MR) is 102 cm³/mol. The molecule has 3 aromatic rings. The van der Waals surface area contributed by atoms with E-state index >= 15 is 0 Å². The molecule has 0 unspecified atom stereocenters. The van der Waals surface area contributed by atoms with Crippen molar-refractivity contribution in [3.05, 3.63) is 72.1 Å². The minimum Gasteiger partial charge on any atom is -0.325 e. The maximum absolute atomic E-state index is 12.7. The van der Waals surface area contributed by atoms with Crippen LogP contribution in [0.2, 0.25) is 0 Å². The Morgan fingerprint density at radius 2 is 1.79 bits per heavy atom. The molecule has 1 amide bonds. The standard InChI is InChI=1S/C20H18F3N3OS/c1-14-13-18(20(21,22)23)25-26(14)12-11-19(27)24-16-9-5-6-10-17(16)28-15-7-3-2-4-8-15/h2-10,13H,11-12H2,1H3,(H,24,27). The normalized spacial score (nSPS) is 11.4. The molecule has 146 valence electrons. The van der Waals surface area contributed by atoms with Crippen molar-refractivity contribution in [3.63, 3.8) is 0 Å². The third kappa shape index (κ3) is 5.16. The largest absolute Gasteiger partial charge is 0.435 e. The maximum Gasteiger partial charge on any atom is 0.435 e. The van der Waals surface area contributed by atoms with Gasteiger partial charge >= 0.3 is 6.18 Å². The van der Waals surface area contributed by atoms with Gasteiger partial charge in [-0.2, -0.15) is 18.3 Å². The molecule has 0 aliphatic rings. The molecular weight excluding hydrogens is 387 g/mol. The second-order valence-electron chi connectivity index (χ2n) is 6.10. The molecule has 4 nitrogen and oxygen atoms in total. The molecule has 1 heterocycles. The monoisotopic (exact) mass is 405 g/mol. The number of hydrogen-bond donors (Lipinski definition) is 1. The van der Waals surface area contributed by atoms with Crippen LogP contribution in [0, 0.1) is 6.92 Å². The van der Waals surface area contributed by atoms with Crippen LogP contribution >= 0.6 is 11.8 Å². The van der Waals surface area contributed by atoms with E-state index in [-0.39, 0.29) is 18.9 Å². The van der Waals surface area contributed by atoms with Crippen molar-refractivity contribution in [1.82, 2.24) is 9.78 Å². The summed E-state index contributed by atoms with van der Waals surface area (Å²) in [5.74, 6) is -0.287. The quantitative estimate of drug-likeness (QED) is 0.598. The van der Waals surface area contributed by atoms with E-state index < -0.39 is 11.9 Å². The zero-order chi connectivity index (χ0) is 20.1. The van der Waals surface area contributed by atoms with E-state index in [9.17, 15) is 18.0 Å². The van der Waals surface area contributed by atoms with E-state index in [1.54, 1.807) is 6.07 Å². The van der Waals surface area contributed by atoms with Gasteiger partial charge in [-0.3, -0.25) is 9.48 Å². The van der Waals surface area contributed by atoms with E-state index in [4.69, 9.17) is 0 Å². The molecule has 1 aromatic heterocycles. The van der Waals surface area contributed by atoms with Crippen molar-refractivity contribution < 1.29 is 18.0 Å². The Labute approximate surface area is 164 Å². The van der Waals surface area contributed by atoms with Gasteiger partial charge in [-0.1, -0.05) is 42.1 Å². The van der Waals surface area contributed by atoms with Gasteiger partial charge in [0.2, 0.25) is 5.91 Å².